The van der Waals surface area contributed by atoms with Gasteiger partial charge in [0.1, 0.15) is 7.85 Å². The molecule has 1 aliphatic carbocycles. The highest BCUT2D eigenvalue weighted by molar-refractivity contribution is 6.28. The lowest BCUT2D eigenvalue weighted by Gasteiger charge is -2.34. The van der Waals surface area contributed by atoms with Crippen LogP contribution in [0.1, 0.15) is 65.7 Å². The van der Waals surface area contributed by atoms with Crippen molar-refractivity contribution in [2.24, 2.45) is 11.3 Å². The molecule has 2 atom stereocenters. The molecule has 0 bridgehead atoms. The summed E-state index contributed by atoms with van der Waals surface area (Å²) in [7, 11) is 3.91. The van der Waals surface area contributed by atoms with Gasteiger partial charge in [-0.15, -0.1) is 0 Å². The molecule has 3 heteroatoms. The van der Waals surface area contributed by atoms with E-state index < -0.39 is 0 Å². The van der Waals surface area contributed by atoms with Crippen LogP contribution in [0.15, 0.2) is 0 Å². The SMILES string of the molecule is BC1(C(=O)NC)CCCCC(C)(C(C)C)CCC1. The van der Waals surface area contributed by atoms with Crippen LogP contribution in [0.25, 0.3) is 0 Å². The lowest BCUT2D eigenvalue weighted by molar-refractivity contribution is -0.124. The molecule has 104 valence electrons. The largest absolute Gasteiger partial charge is 0.359 e. The smallest absolute Gasteiger partial charge is 0.217 e. The summed E-state index contributed by atoms with van der Waals surface area (Å²) in [5, 5.41) is 2.71. The van der Waals surface area contributed by atoms with E-state index in [2.05, 4.69) is 33.9 Å². The second-order valence-electron chi connectivity index (χ2n) is 7.01. The van der Waals surface area contributed by atoms with Crippen molar-refractivity contribution in [1.29, 1.82) is 0 Å². The molecule has 0 aliphatic heterocycles. The number of nitrogens with one attached hydrogen (secondary N) is 1. The van der Waals surface area contributed by atoms with Crippen LogP contribution in [0, 0.1) is 11.3 Å². The number of amides is 1. The van der Waals surface area contributed by atoms with Gasteiger partial charge in [0, 0.05) is 12.4 Å². The normalized spacial score (nSPS) is 34.5. The minimum atomic E-state index is -0.142. The van der Waals surface area contributed by atoms with Crippen molar-refractivity contribution in [2.45, 2.75) is 71.0 Å². The maximum Gasteiger partial charge on any atom is 0.217 e. The van der Waals surface area contributed by atoms with E-state index >= 15 is 0 Å². The Balaban J connectivity index is 2.73. The first-order valence-corrected chi connectivity index (χ1v) is 7.56. The van der Waals surface area contributed by atoms with E-state index in [1.54, 1.807) is 7.05 Å². The second kappa shape index (κ2) is 6.12. The van der Waals surface area contributed by atoms with Crippen LogP contribution in [-0.2, 0) is 4.79 Å². The molecule has 1 saturated carbocycles. The third-order valence-corrected chi connectivity index (χ3v) is 5.37. The molecular formula is C15H30BNO. The summed E-state index contributed by atoms with van der Waals surface area (Å²) >= 11 is 0. The highest BCUT2D eigenvalue weighted by Gasteiger charge is 2.35. The average Bonchev–Trinajstić information content (AvgIpc) is 2.40. The van der Waals surface area contributed by atoms with Gasteiger partial charge in [0.05, 0.1) is 0 Å². The third kappa shape index (κ3) is 3.52. The topological polar surface area (TPSA) is 29.1 Å². The second-order valence-corrected chi connectivity index (χ2v) is 7.01. The minimum absolute atomic E-state index is 0.142. The molecule has 1 aliphatic rings. The average molecular weight is 251 g/mol. The summed E-state index contributed by atoms with van der Waals surface area (Å²) < 4.78 is 0. The fourth-order valence-electron chi connectivity index (χ4n) is 3.28. The highest BCUT2D eigenvalue weighted by Crippen LogP contribution is 2.44. The van der Waals surface area contributed by atoms with Gasteiger partial charge in [-0.3, -0.25) is 4.79 Å². The molecule has 0 heterocycles. The summed E-state index contributed by atoms with van der Waals surface area (Å²) in [5.41, 5.74) is 0.466. The first kappa shape index (κ1) is 15.6. The molecule has 1 amide bonds. The van der Waals surface area contributed by atoms with Gasteiger partial charge in [-0.25, -0.2) is 0 Å². The van der Waals surface area contributed by atoms with Gasteiger partial charge in [0.25, 0.3) is 0 Å². The summed E-state index contributed by atoms with van der Waals surface area (Å²) in [4.78, 5) is 12.0. The molecule has 0 aromatic rings. The maximum atomic E-state index is 12.0. The van der Waals surface area contributed by atoms with Gasteiger partial charge in [0.15, 0.2) is 0 Å². The van der Waals surface area contributed by atoms with Crippen LogP contribution in [0.5, 0.6) is 0 Å². The Morgan fingerprint density at radius 3 is 2.17 bits per heavy atom. The van der Waals surface area contributed by atoms with Crippen LogP contribution in [0.3, 0.4) is 0 Å². The number of rotatable bonds is 2. The molecule has 2 nitrogen and oxygen atoms in total. The molecular weight excluding hydrogens is 221 g/mol. The molecule has 1 rings (SSSR count). The van der Waals surface area contributed by atoms with Crippen molar-refractivity contribution in [3.63, 3.8) is 0 Å². The fourth-order valence-corrected chi connectivity index (χ4v) is 3.28. The van der Waals surface area contributed by atoms with E-state index in [0.29, 0.717) is 5.41 Å². The van der Waals surface area contributed by atoms with Gasteiger partial charge in [-0.2, -0.15) is 0 Å². The van der Waals surface area contributed by atoms with Crippen molar-refractivity contribution >= 4 is 13.8 Å². The first-order valence-electron chi connectivity index (χ1n) is 7.56. The van der Waals surface area contributed by atoms with E-state index in [9.17, 15) is 4.79 Å². The highest BCUT2D eigenvalue weighted by atomic mass is 16.2. The van der Waals surface area contributed by atoms with Crippen LogP contribution in [0.2, 0.25) is 5.31 Å². The number of carbonyl (C=O) groups is 1. The van der Waals surface area contributed by atoms with E-state index in [1.807, 2.05) is 0 Å². The van der Waals surface area contributed by atoms with Gasteiger partial charge < -0.3 is 5.32 Å². The Morgan fingerprint density at radius 1 is 1.11 bits per heavy atom. The van der Waals surface area contributed by atoms with Gasteiger partial charge in [-0.1, -0.05) is 40.0 Å². The summed E-state index contributed by atoms with van der Waals surface area (Å²) in [6.07, 6.45) is 8.29. The monoisotopic (exact) mass is 251 g/mol. The van der Waals surface area contributed by atoms with Crippen molar-refractivity contribution in [3.05, 3.63) is 0 Å². The first-order chi connectivity index (χ1) is 8.34. The van der Waals surface area contributed by atoms with Crippen LogP contribution in [0.4, 0.5) is 0 Å². The van der Waals surface area contributed by atoms with E-state index in [4.69, 9.17) is 0 Å². The summed E-state index contributed by atoms with van der Waals surface area (Å²) in [5.74, 6) is 0.970. The zero-order valence-electron chi connectivity index (χ0n) is 12.9. The minimum Gasteiger partial charge on any atom is -0.359 e. The maximum absolute atomic E-state index is 12.0. The van der Waals surface area contributed by atoms with E-state index in [0.717, 1.165) is 18.8 Å². The van der Waals surface area contributed by atoms with Crippen LogP contribution >= 0.6 is 0 Å². The predicted molar refractivity (Wildman–Crippen MR) is 80.6 cm³/mol. The number of carbonyl (C=O) groups excluding carboxylic acids is 1. The van der Waals surface area contributed by atoms with Gasteiger partial charge >= 0.3 is 0 Å². The van der Waals surface area contributed by atoms with Crippen LogP contribution < -0.4 is 5.32 Å². The van der Waals surface area contributed by atoms with Crippen molar-refractivity contribution in [1.82, 2.24) is 5.32 Å². The number of hydrogen-bond donors (Lipinski definition) is 1. The Bertz CT molecular complexity index is 292. The Morgan fingerprint density at radius 2 is 1.61 bits per heavy atom. The van der Waals surface area contributed by atoms with Crippen molar-refractivity contribution in [2.75, 3.05) is 7.05 Å². The van der Waals surface area contributed by atoms with Crippen LogP contribution in [-0.4, -0.2) is 20.8 Å². The fraction of sp³-hybridized carbons (Fsp3) is 0.933. The molecule has 18 heavy (non-hydrogen) atoms. The summed E-state index contributed by atoms with van der Waals surface area (Å²) in [6, 6.07) is 0. The Hall–Kier alpha value is -0.465. The summed E-state index contributed by atoms with van der Waals surface area (Å²) in [6.45, 7) is 7.12. The van der Waals surface area contributed by atoms with Gasteiger partial charge in [-0.05, 0) is 37.0 Å². The van der Waals surface area contributed by atoms with E-state index in [1.165, 1.54) is 32.1 Å². The Kier molecular flexibility index (Phi) is 5.30. The molecule has 0 radical (unpaired) electrons. The van der Waals surface area contributed by atoms with Crippen molar-refractivity contribution in [3.8, 4) is 0 Å². The quantitative estimate of drug-likeness (QED) is 0.751. The molecule has 0 aromatic carbocycles. The molecule has 0 spiro atoms. The lowest BCUT2D eigenvalue weighted by Crippen LogP contribution is -2.34. The molecule has 1 fully saturated rings. The third-order valence-electron chi connectivity index (χ3n) is 5.37. The molecule has 1 N–H and O–H groups in total. The predicted octanol–water partition coefficient (Wildman–Crippen LogP) is 2.93. The number of hydrogen-bond acceptors (Lipinski definition) is 1. The molecule has 2 unspecified atom stereocenters. The molecule has 0 aromatic heterocycles. The lowest BCUT2D eigenvalue weighted by atomic mass is 9.62. The van der Waals surface area contributed by atoms with Gasteiger partial charge in [0.2, 0.25) is 5.91 Å². The van der Waals surface area contributed by atoms with E-state index in [-0.39, 0.29) is 11.2 Å². The van der Waals surface area contributed by atoms with Crippen molar-refractivity contribution < 1.29 is 4.79 Å². The Labute approximate surface area is 114 Å². The standard InChI is InChI=1S/C15H30BNO/c1-12(2)14(3)8-5-6-10-15(16,11-7-9-14)13(18)17-4/h12H,5-11,16H2,1-4H3,(H,17,18). The zero-order valence-corrected chi connectivity index (χ0v) is 12.9. The molecule has 0 saturated heterocycles. The zero-order chi connectivity index (χ0) is 13.8.